The number of aryl methyl sites for hydroxylation is 2. The summed E-state index contributed by atoms with van der Waals surface area (Å²) in [6, 6.07) is 14.0. The molecule has 2 aliphatic rings. The summed E-state index contributed by atoms with van der Waals surface area (Å²) in [4.78, 5) is 34.2. The van der Waals surface area contributed by atoms with E-state index >= 15 is 0 Å². The molecule has 0 spiro atoms. The van der Waals surface area contributed by atoms with Crippen LogP contribution >= 0.6 is 11.6 Å². The Hall–Kier alpha value is -2.45. The molecule has 35 heavy (non-hydrogen) atoms. The van der Waals surface area contributed by atoms with Crippen molar-refractivity contribution in [2.24, 2.45) is 0 Å². The highest BCUT2D eigenvalue weighted by Crippen LogP contribution is 2.19. The molecule has 188 valence electrons. The highest BCUT2D eigenvalue weighted by molar-refractivity contribution is 6.30. The van der Waals surface area contributed by atoms with Crippen LogP contribution in [0, 0.1) is 13.8 Å². The van der Waals surface area contributed by atoms with E-state index in [1.54, 1.807) is 0 Å². The van der Waals surface area contributed by atoms with Crippen LogP contribution in [0.1, 0.15) is 16.7 Å². The van der Waals surface area contributed by atoms with Gasteiger partial charge in [-0.1, -0.05) is 41.9 Å². The van der Waals surface area contributed by atoms with Crippen molar-refractivity contribution in [2.75, 3.05) is 70.8 Å². The molecule has 1 N–H and O–H groups in total. The summed E-state index contributed by atoms with van der Waals surface area (Å²) < 4.78 is 0. The maximum atomic E-state index is 12.9. The molecule has 0 saturated carbocycles. The first-order valence-corrected chi connectivity index (χ1v) is 12.8. The van der Waals surface area contributed by atoms with Crippen LogP contribution in [-0.4, -0.2) is 96.9 Å². The van der Waals surface area contributed by atoms with Gasteiger partial charge in [-0.3, -0.25) is 24.3 Å². The lowest BCUT2D eigenvalue weighted by Gasteiger charge is -2.37. The van der Waals surface area contributed by atoms with Crippen molar-refractivity contribution in [2.45, 2.75) is 20.4 Å². The van der Waals surface area contributed by atoms with Crippen LogP contribution < -0.4 is 5.32 Å². The van der Waals surface area contributed by atoms with E-state index in [9.17, 15) is 9.59 Å². The maximum absolute atomic E-state index is 12.9. The normalized spacial score (nSPS) is 18.0. The fraction of sp³-hybridized carbons (Fsp3) is 0.481. The third kappa shape index (κ3) is 7.27. The second kappa shape index (κ2) is 12.0. The Balaban J connectivity index is 1.15. The fourth-order valence-electron chi connectivity index (χ4n) is 4.79. The van der Waals surface area contributed by atoms with Gasteiger partial charge < -0.3 is 10.2 Å². The van der Waals surface area contributed by atoms with Gasteiger partial charge in [-0.2, -0.15) is 0 Å². The molecule has 2 fully saturated rings. The standard InChI is InChI=1S/C27H36ClN5O2/c1-21-4-3-5-22(2)27(21)29-25(34)19-31-14-16-33(17-15-31)26(35)20-32-12-10-30(11-13-32)18-23-6-8-24(28)9-7-23/h3-9H,10-20H2,1-2H3,(H,29,34). The fourth-order valence-corrected chi connectivity index (χ4v) is 4.92. The van der Waals surface area contributed by atoms with E-state index in [2.05, 4.69) is 32.1 Å². The smallest absolute Gasteiger partial charge is 0.238 e. The molecule has 2 heterocycles. The van der Waals surface area contributed by atoms with Gasteiger partial charge in [0.1, 0.15) is 0 Å². The molecule has 0 aromatic heterocycles. The molecule has 0 atom stereocenters. The van der Waals surface area contributed by atoms with Gasteiger partial charge in [-0.15, -0.1) is 0 Å². The van der Waals surface area contributed by atoms with E-state index in [-0.39, 0.29) is 11.8 Å². The van der Waals surface area contributed by atoms with Crippen molar-refractivity contribution in [1.82, 2.24) is 19.6 Å². The van der Waals surface area contributed by atoms with Gasteiger partial charge >= 0.3 is 0 Å². The lowest BCUT2D eigenvalue weighted by Crippen LogP contribution is -2.54. The summed E-state index contributed by atoms with van der Waals surface area (Å²) in [6.07, 6.45) is 0. The molecule has 0 radical (unpaired) electrons. The Bertz CT molecular complexity index is 992. The average molecular weight is 498 g/mol. The quantitative estimate of drug-likeness (QED) is 0.637. The van der Waals surface area contributed by atoms with Crippen LogP contribution in [0.25, 0.3) is 0 Å². The number of piperazine rings is 2. The zero-order chi connectivity index (χ0) is 24.8. The third-order valence-electron chi connectivity index (χ3n) is 6.98. The number of amides is 2. The van der Waals surface area contributed by atoms with Crippen molar-refractivity contribution in [3.05, 3.63) is 64.2 Å². The Kier molecular flexibility index (Phi) is 8.78. The number of halogens is 1. The van der Waals surface area contributed by atoms with Crippen molar-refractivity contribution in [3.63, 3.8) is 0 Å². The van der Waals surface area contributed by atoms with Crippen molar-refractivity contribution >= 4 is 29.1 Å². The second-order valence-corrected chi connectivity index (χ2v) is 10.1. The van der Waals surface area contributed by atoms with Crippen molar-refractivity contribution in [3.8, 4) is 0 Å². The molecular weight excluding hydrogens is 462 g/mol. The SMILES string of the molecule is Cc1cccc(C)c1NC(=O)CN1CCN(C(=O)CN2CCN(Cc3ccc(Cl)cc3)CC2)CC1. The lowest BCUT2D eigenvalue weighted by atomic mass is 10.1. The minimum atomic E-state index is -0.00125. The molecule has 8 heteroatoms. The number of benzene rings is 2. The van der Waals surface area contributed by atoms with Gasteiger partial charge in [-0.25, -0.2) is 0 Å². The molecule has 0 aliphatic carbocycles. The maximum Gasteiger partial charge on any atom is 0.238 e. The number of hydrogen-bond donors (Lipinski definition) is 1. The number of carbonyl (C=O) groups is 2. The minimum absolute atomic E-state index is 0.00125. The molecule has 2 amide bonds. The topological polar surface area (TPSA) is 59.1 Å². The first kappa shape index (κ1) is 25.6. The number of rotatable bonds is 7. The predicted molar refractivity (Wildman–Crippen MR) is 141 cm³/mol. The summed E-state index contributed by atoms with van der Waals surface area (Å²) in [5, 5.41) is 3.82. The zero-order valence-corrected chi connectivity index (χ0v) is 21.6. The number of nitrogens with one attached hydrogen (secondary N) is 1. The predicted octanol–water partition coefficient (Wildman–Crippen LogP) is 2.86. The summed E-state index contributed by atoms with van der Waals surface area (Å²) >= 11 is 5.98. The Morgan fingerprint density at radius 2 is 1.31 bits per heavy atom. The van der Waals surface area contributed by atoms with Gasteiger partial charge in [0.25, 0.3) is 0 Å². The van der Waals surface area contributed by atoms with Crippen LogP contribution in [0.5, 0.6) is 0 Å². The average Bonchev–Trinajstić information content (AvgIpc) is 2.84. The molecule has 7 nitrogen and oxygen atoms in total. The first-order chi connectivity index (χ1) is 16.9. The Morgan fingerprint density at radius 3 is 1.94 bits per heavy atom. The molecule has 4 rings (SSSR count). The van der Waals surface area contributed by atoms with E-state index in [1.165, 1.54) is 5.56 Å². The number of hydrogen-bond acceptors (Lipinski definition) is 5. The largest absolute Gasteiger partial charge is 0.339 e. The van der Waals surface area contributed by atoms with E-state index in [0.29, 0.717) is 26.2 Å². The lowest BCUT2D eigenvalue weighted by molar-refractivity contribution is -0.134. The zero-order valence-electron chi connectivity index (χ0n) is 20.8. The number of para-hydroxylation sites is 1. The molecule has 2 saturated heterocycles. The van der Waals surface area contributed by atoms with E-state index < -0.39 is 0 Å². The van der Waals surface area contributed by atoms with Crippen LogP contribution in [-0.2, 0) is 16.1 Å². The summed E-state index contributed by atoms with van der Waals surface area (Å²) in [5.41, 5.74) is 4.30. The summed E-state index contributed by atoms with van der Waals surface area (Å²) in [6.45, 7) is 12.3. The third-order valence-corrected chi connectivity index (χ3v) is 7.23. The Morgan fingerprint density at radius 1 is 0.771 bits per heavy atom. The van der Waals surface area contributed by atoms with Gasteiger partial charge in [0.15, 0.2) is 0 Å². The molecular formula is C27H36ClN5O2. The molecule has 0 unspecified atom stereocenters. The highest BCUT2D eigenvalue weighted by Gasteiger charge is 2.25. The number of anilines is 1. The van der Waals surface area contributed by atoms with Gasteiger partial charge in [-0.05, 0) is 42.7 Å². The summed E-state index contributed by atoms with van der Waals surface area (Å²) in [7, 11) is 0. The minimum Gasteiger partial charge on any atom is -0.339 e. The molecule has 2 aliphatic heterocycles. The Labute approximate surface area is 213 Å². The molecule has 2 aromatic rings. The molecule has 0 bridgehead atoms. The van der Waals surface area contributed by atoms with Crippen molar-refractivity contribution < 1.29 is 9.59 Å². The first-order valence-electron chi connectivity index (χ1n) is 12.4. The van der Waals surface area contributed by atoms with Gasteiger partial charge in [0.2, 0.25) is 11.8 Å². The number of nitrogens with zero attached hydrogens (tertiary/aromatic N) is 4. The monoisotopic (exact) mass is 497 g/mol. The molecule has 2 aromatic carbocycles. The summed E-state index contributed by atoms with van der Waals surface area (Å²) in [5.74, 6) is 0.189. The van der Waals surface area contributed by atoms with Crippen LogP contribution in [0.2, 0.25) is 5.02 Å². The van der Waals surface area contributed by atoms with Gasteiger partial charge in [0.05, 0.1) is 13.1 Å². The highest BCUT2D eigenvalue weighted by atomic mass is 35.5. The van der Waals surface area contributed by atoms with Crippen LogP contribution in [0.4, 0.5) is 5.69 Å². The second-order valence-electron chi connectivity index (χ2n) is 9.65. The van der Waals surface area contributed by atoms with Crippen molar-refractivity contribution in [1.29, 1.82) is 0 Å². The number of carbonyl (C=O) groups excluding carboxylic acids is 2. The van der Waals surface area contributed by atoms with Crippen LogP contribution in [0.3, 0.4) is 0 Å². The van der Waals surface area contributed by atoms with Gasteiger partial charge in [0, 0.05) is 69.6 Å². The van der Waals surface area contributed by atoms with E-state index in [0.717, 1.165) is 67.7 Å². The van der Waals surface area contributed by atoms with E-state index in [4.69, 9.17) is 11.6 Å². The van der Waals surface area contributed by atoms with E-state index in [1.807, 2.05) is 49.1 Å². The van der Waals surface area contributed by atoms with Crippen LogP contribution in [0.15, 0.2) is 42.5 Å².